The van der Waals surface area contributed by atoms with Gasteiger partial charge in [-0.05, 0) is 31.0 Å². The number of amides is 1. The van der Waals surface area contributed by atoms with Gasteiger partial charge in [-0.1, -0.05) is 59.6 Å². The molecular formula is C18H21Cl2N2O+. The number of hydrogen-bond acceptors (Lipinski definition) is 1. The molecule has 122 valence electrons. The summed E-state index contributed by atoms with van der Waals surface area (Å²) in [6, 6.07) is 15.6. The third kappa shape index (κ3) is 5.87. The first kappa shape index (κ1) is 17.8. The highest BCUT2D eigenvalue weighted by atomic mass is 35.5. The average molecular weight is 352 g/mol. The van der Waals surface area contributed by atoms with Crippen LogP contribution in [0, 0.1) is 0 Å². The van der Waals surface area contributed by atoms with Gasteiger partial charge in [0.2, 0.25) is 0 Å². The van der Waals surface area contributed by atoms with Gasteiger partial charge in [0.15, 0.2) is 6.54 Å². The van der Waals surface area contributed by atoms with Crippen LogP contribution in [0.15, 0.2) is 48.5 Å². The molecule has 3 N–H and O–H groups in total. The van der Waals surface area contributed by atoms with E-state index in [1.54, 1.807) is 6.07 Å². The molecule has 2 aromatic rings. The number of quaternary nitrogens is 1. The van der Waals surface area contributed by atoms with Gasteiger partial charge in [0.05, 0.1) is 5.02 Å². The Bertz CT molecular complexity index is 647. The molecule has 0 saturated heterocycles. The minimum absolute atomic E-state index is 0.0258. The van der Waals surface area contributed by atoms with Crippen LogP contribution in [0.25, 0.3) is 0 Å². The Morgan fingerprint density at radius 2 is 1.91 bits per heavy atom. The van der Waals surface area contributed by atoms with E-state index in [1.165, 1.54) is 5.56 Å². The van der Waals surface area contributed by atoms with Crippen molar-refractivity contribution in [2.24, 2.45) is 0 Å². The van der Waals surface area contributed by atoms with E-state index in [0.717, 1.165) is 12.0 Å². The van der Waals surface area contributed by atoms with E-state index < -0.39 is 0 Å². The average Bonchev–Trinajstić information content (AvgIpc) is 2.53. The summed E-state index contributed by atoms with van der Waals surface area (Å²) in [5.74, 6) is 0.0258. The summed E-state index contributed by atoms with van der Waals surface area (Å²) in [5, 5.41) is 6.15. The third-order valence-corrected chi connectivity index (χ3v) is 4.25. The Morgan fingerprint density at radius 3 is 2.61 bits per heavy atom. The lowest BCUT2D eigenvalue weighted by Crippen LogP contribution is -2.87. The van der Waals surface area contributed by atoms with Gasteiger partial charge in [0, 0.05) is 17.1 Å². The molecule has 0 fully saturated rings. The second-order valence-corrected chi connectivity index (χ2v) is 6.32. The van der Waals surface area contributed by atoms with Crippen LogP contribution >= 0.6 is 23.2 Å². The largest absolute Gasteiger partial charge is 0.351 e. The molecule has 0 aliphatic carbocycles. The predicted molar refractivity (Wildman–Crippen MR) is 94.8 cm³/mol. The molecule has 0 aliphatic heterocycles. The zero-order valence-corrected chi connectivity index (χ0v) is 14.6. The number of rotatable bonds is 7. The van der Waals surface area contributed by atoms with Crippen LogP contribution in [0.5, 0.6) is 0 Å². The van der Waals surface area contributed by atoms with Crippen LogP contribution in [0.1, 0.15) is 24.1 Å². The summed E-state index contributed by atoms with van der Waals surface area (Å²) in [6.07, 6.45) is 0.838. The highest BCUT2D eigenvalue weighted by molar-refractivity contribution is 6.35. The molecule has 1 atom stereocenters. The first-order valence-electron chi connectivity index (χ1n) is 7.65. The van der Waals surface area contributed by atoms with E-state index in [0.29, 0.717) is 23.1 Å². The van der Waals surface area contributed by atoms with Crippen molar-refractivity contribution in [2.45, 2.75) is 19.4 Å². The van der Waals surface area contributed by atoms with Crippen LogP contribution in [-0.2, 0) is 11.2 Å². The van der Waals surface area contributed by atoms with Gasteiger partial charge >= 0.3 is 0 Å². The number of carbonyl (C=O) groups is 1. The molecule has 0 heterocycles. The van der Waals surface area contributed by atoms with E-state index in [1.807, 2.05) is 42.6 Å². The molecule has 0 saturated carbocycles. The monoisotopic (exact) mass is 351 g/mol. The lowest BCUT2D eigenvalue weighted by molar-refractivity contribution is -0.682. The van der Waals surface area contributed by atoms with Crippen molar-refractivity contribution in [3.05, 3.63) is 69.7 Å². The van der Waals surface area contributed by atoms with E-state index in [4.69, 9.17) is 23.2 Å². The lowest BCUT2D eigenvalue weighted by atomic mass is 10.1. The Kier molecular flexibility index (Phi) is 6.90. The third-order valence-electron chi connectivity index (χ3n) is 3.69. The van der Waals surface area contributed by atoms with E-state index >= 15 is 0 Å². The zero-order valence-electron chi connectivity index (χ0n) is 13.1. The van der Waals surface area contributed by atoms with Crippen LogP contribution < -0.4 is 10.6 Å². The normalized spacial score (nSPS) is 12.0. The first-order chi connectivity index (χ1) is 11.1. The fourth-order valence-electron chi connectivity index (χ4n) is 2.34. The second kappa shape index (κ2) is 8.92. The van der Waals surface area contributed by atoms with Crippen LogP contribution in [0.4, 0.5) is 0 Å². The number of nitrogens with one attached hydrogen (secondary N) is 1. The maximum Gasteiger partial charge on any atom is 0.275 e. The Hall–Kier alpha value is -1.55. The number of hydrogen-bond donors (Lipinski definition) is 2. The minimum atomic E-state index is 0.0258. The Balaban J connectivity index is 1.73. The summed E-state index contributed by atoms with van der Waals surface area (Å²) in [7, 11) is 0. The fraction of sp³-hybridized carbons (Fsp3) is 0.278. The molecule has 1 amide bonds. The van der Waals surface area contributed by atoms with Gasteiger partial charge in [-0.2, -0.15) is 0 Å². The predicted octanol–water partition coefficient (Wildman–Crippen LogP) is 2.98. The molecular weight excluding hydrogens is 331 g/mol. The topological polar surface area (TPSA) is 45.7 Å². The van der Waals surface area contributed by atoms with E-state index in [9.17, 15) is 4.79 Å². The summed E-state index contributed by atoms with van der Waals surface area (Å²) in [6.45, 7) is 3.04. The molecule has 0 unspecified atom stereocenters. The molecule has 0 spiro atoms. The van der Waals surface area contributed by atoms with Gasteiger partial charge in [-0.15, -0.1) is 0 Å². The van der Waals surface area contributed by atoms with Crippen molar-refractivity contribution >= 4 is 29.1 Å². The van der Waals surface area contributed by atoms with Gasteiger partial charge in [0.1, 0.15) is 6.04 Å². The van der Waals surface area contributed by atoms with Crippen molar-refractivity contribution in [1.29, 1.82) is 0 Å². The van der Waals surface area contributed by atoms with Gasteiger partial charge in [-0.25, -0.2) is 0 Å². The quantitative estimate of drug-likeness (QED) is 0.791. The summed E-state index contributed by atoms with van der Waals surface area (Å²) in [4.78, 5) is 11.9. The van der Waals surface area contributed by atoms with Crippen molar-refractivity contribution in [3.8, 4) is 0 Å². The van der Waals surface area contributed by atoms with Crippen molar-refractivity contribution < 1.29 is 10.1 Å². The molecule has 5 heteroatoms. The van der Waals surface area contributed by atoms with Crippen LogP contribution in [0.3, 0.4) is 0 Å². The van der Waals surface area contributed by atoms with Gasteiger partial charge < -0.3 is 10.6 Å². The molecule has 0 aliphatic rings. The SMILES string of the molecule is C[C@@H]([NH2+]CC(=O)NCCc1ccccc1)c1ccc(Cl)cc1Cl. The molecule has 2 rings (SSSR count). The highest BCUT2D eigenvalue weighted by Crippen LogP contribution is 2.24. The zero-order chi connectivity index (χ0) is 16.7. The summed E-state index contributed by atoms with van der Waals surface area (Å²) < 4.78 is 0. The standard InChI is InChI=1S/C18H20Cl2N2O/c1-13(16-8-7-15(19)11-17(16)20)22-12-18(23)21-10-9-14-5-3-2-4-6-14/h2-8,11,13,22H,9-10,12H2,1H3,(H,21,23)/p+1/t13-/m1/s1. The molecule has 0 aromatic heterocycles. The number of benzene rings is 2. The Morgan fingerprint density at radius 1 is 1.17 bits per heavy atom. The molecule has 0 radical (unpaired) electrons. The minimum Gasteiger partial charge on any atom is -0.351 e. The second-order valence-electron chi connectivity index (χ2n) is 5.48. The lowest BCUT2D eigenvalue weighted by Gasteiger charge is -2.13. The van der Waals surface area contributed by atoms with E-state index in [2.05, 4.69) is 17.4 Å². The molecule has 2 aromatic carbocycles. The maximum absolute atomic E-state index is 11.9. The number of carbonyl (C=O) groups excluding carboxylic acids is 1. The Labute approximate surface area is 147 Å². The summed E-state index contributed by atoms with van der Waals surface area (Å²) >= 11 is 12.1. The van der Waals surface area contributed by atoms with Crippen LogP contribution in [-0.4, -0.2) is 19.0 Å². The van der Waals surface area contributed by atoms with Gasteiger partial charge in [0.25, 0.3) is 5.91 Å². The number of halogens is 2. The van der Waals surface area contributed by atoms with Crippen LogP contribution in [0.2, 0.25) is 10.0 Å². The number of nitrogens with two attached hydrogens (primary N) is 1. The van der Waals surface area contributed by atoms with Crippen molar-refractivity contribution in [2.75, 3.05) is 13.1 Å². The highest BCUT2D eigenvalue weighted by Gasteiger charge is 2.14. The maximum atomic E-state index is 11.9. The molecule has 23 heavy (non-hydrogen) atoms. The smallest absolute Gasteiger partial charge is 0.275 e. The first-order valence-corrected chi connectivity index (χ1v) is 8.41. The van der Waals surface area contributed by atoms with Crippen molar-refractivity contribution in [1.82, 2.24) is 5.32 Å². The molecule has 0 bridgehead atoms. The molecule has 3 nitrogen and oxygen atoms in total. The van der Waals surface area contributed by atoms with E-state index in [-0.39, 0.29) is 11.9 Å². The summed E-state index contributed by atoms with van der Waals surface area (Å²) in [5.41, 5.74) is 2.20. The van der Waals surface area contributed by atoms with Crippen molar-refractivity contribution in [3.63, 3.8) is 0 Å². The fourth-order valence-corrected chi connectivity index (χ4v) is 2.93. The van der Waals surface area contributed by atoms with Gasteiger partial charge in [-0.3, -0.25) is 4.79 Å².